The average molecular weight is 238 g/mol. The van der Waals surface area contributed by atoms with Gasteiger partial charge in [-0.3, -0.25) is 9.59 Å². The first kappa shape index (κ1) is 13.3. The molecule has 1 aromatic heterocycles. The largest absolute Gasteiger partial charge is 0.467 e. The minimum atomic E-state index is -0.190. The Kier molecular flexibility index (Phi) is 4.75. The quantitative estimate of drug-likeness (QED) is 0.837. The van der Waals surface area contributed by atoms with E-state index >= 15 is 0 Å². The van der Waals surface area contributed by atoms with Crippen LogP contribution in [0.25, 0.3) is 0 Å². The second-order valence-electron chi connectivity index (χ2n) is 4.10. The summed E-state index contributed by atoms with van der Waals surface area (Å²) in [5, 5.41) is 2.70. The van der Waals surface area contributed by atoms with Gasteiger partial charge in [-0.15, -0.1) is 0 Å². The number of amides is 2. The Balaban J connectivity index is 2.40. The maximum absolute atomic E-state index is 11.6. The molecule has 5 heteroatoms. The van der Waals surface area contributed by atoms with Gasteiger partial charge in [0.05, 0.1) is 19.4 Å². The highest BCUT2D eigenvalue weighted by Gasteiger charge is 2.16. The molecule has 0 atom stereocenters. The van der Waals surface area contributed by atoms with Crippen molar-refractivity contribution in [2.75, 3.05) is 6.54 Å². The number of carbonyl (C=O) groups excluding carboxylic acids is 2. The van der Waals surface area contributed by atoms with Gasteiger partial charge in [0, 0.05) is 13.0 Å². The zero-order valence-corrected chi connectivity index (χ0v) is 10.4. The molecule has 1 rings (SSSR count). The number of furan rings is 1. The highest BCUT2D eigenvalue weighted by atomic mass is 16.3. The summed E-state index contributed by atoms with van der Waals surface area (Å²) < 4.78 is 5.09. The molecule has 0 bridgehead atoms. The lowest BCUT2D eigenvalue weighted by atomic mass is 10.3. The van der Waals surface area contributed by atoms with Gasteiger partial charge in [0.15, 0.2) is 0 Å². The van der Waals surface area contributed by atoms with Crippen LogP contribution < -0.4 is 5.32 Å². The van der Waals surface area contributed by atoms with Crippen molar-refractivity contribution in [3.63, 3.8) is 0 Å². The standard InChI is InChI=1S/C12H18N2O3/c1-9(2)14(10(3)15)8-12(16)13-7-11-5-4-6-17-11/h4-6,9H,7-8H2,1-3H3,(H,13,16). The van der Waals surface area contributed by atoms with Gasteiger partial charge in [0.2, 0.25) is 11.8 Å². The Morgan fingerprint density at radius 1 is 1.47 bits per heavy atom. The van der Waals surface area contributed by atoms with E-state index in [0.717, 1.165) is 0 Å². The van der Waals surface area contributed by atoms with E-state index in [9.17, 15) is 9.59 Å². The molecule has 1 N–H and O–H groups in total. The van der Waals surface area contributed by atoms with Crippen LogP contribution in [-0.4, -0.2) is 29.3 Å². The number of carbonyl (C=O) groups is 2. The fraction of sp³-hybridized carbons (Fsp3) is 0.500. The third kappa shape index (κ3) is 4.30. The Labute approximate surface area is 101 Å². The third-order valence-electron chi connectivity index (χ3n) is 2.38. The maximum atomic E-state index is 11.6. The number of rotatable bonds is 5. The summed E-state index contributed by atoms with van der Waals surface area (Å²) in [4.78, 5) is 24.4. The van der Waals surface area contributed by atoms with Crippen LogP contribution in [0.1, 0.15) is 26.5 Å². The van der Waals surface area contributed by atoms with Crippen LogP contribution in [0.2, 0.25) is 0 Å². The maximum Gasteiger partial charge on any atom is 0.240 e. The summed E-state index contributed by atoms with van der Waals surface area (Å²) in [6.45, 7) is 5.63. The summed E-state index contributed by atoms with van der Waals surface area (Å²) in [5.74, 6) is 0.399. The van der Waals surface area contributed by atoms with Crippen LogP contribution in [0, 0.1) is 0 Å². The molecule has 17 heavy (non-hydrogen) atoms. The molecule has 0 saturated carbocycles. The van der Waals surface area contributed by atoms with Gasteiger partial charge in [0.25, 0.3) is 0 Å². The first-order valence-corrected chi connectivity index (χ1v) is 5.57. The van der Waals surface area contributed by atoms with E-state index in [1.807, 2.05) is 13.8 Å². The predicted octanol–water partition coefficient (Wildman–Crippen LogP) is 1.15. The van der Waals surface area contributed by atoms with Gasteiger partial charge in [-0.05, 0) is 26.0 Å². The van der Waals surface area contributed by atoms with E-state index in [-0.39, 0.29) is 24.4 Å². The fourth-order valence-corrected chi connectivity index (χ4v) is 1.47. The average Bonchev–Trinajstić information content (AvgIpc) is 2.74. The Morgan fingerprint density at radius 2 is 2.18 bits per heavy atom. The van der Waals surface area contributed by atoms with Crippen molar-refractivity contribution in [3.05, 3.63) is 24.2 Å². The van der Waals surface area contributed by atoms with Crippen molar-refractivity contribution in [2.24, 2.45) is 0 Å². The number of nitrogens with zero attached hydrogens (tertiary/aromatic N) is 1. The van der Waals surface area contributed by atoms with Crippen molar-refractivity contribution in [2.45, 2.75) is 33.4 Å². The highest BCUT2D eigenvalue weighted by molar-refractivity contribution is 5.83. The van der Waals surface area contributed by atoms with Gasteiger partial charge in [-0.2, -0.15) is 0 Å². The normalized spacial score (nSPS) is 10.4. The van der Waals surface area contributed by atoms with Crippen molar-refractivity contribution in [1.82, 2.24) is 10.2 Å². The first-order chi connectivity index (χ1) is 8.00. The van der Waals surface area contributed by atoms with E-state index in [4.69, 9.17) is 4.42 Å². The Hall–Kier alpha value is -1.78. The number of hydrogen-bond donors (Lipinski definition) is 1. The number of nitrogens with one attached hydrogen (secondary N) is 1. The van der Waals surface area contributed by atoms with Gasteiger partial charge in [-0.25, -0.2) is 0 Å². The number of hydrogen-bond acceptors (Lipinski definition) is 3. The van der Waals surface area contributed by atoms with Gasteiger partial charge in [0.1, 0.15) is 5.76 Å². The van der Waals surface area contributed by atoms with Crippen molar-refractivity contribution in [1.29, 1.82) is 0 Å². The first-order valence-electron chi connectivity index (χ1n) is 5.57. The second-order valence-corrected chi connectivity index (χ2v) is 4.10. The van der Waals surface area contributed by atoms with Crippen LogP contribution in [0.4, 0.5) is 0 Å². The van der Waals surface area contributed by atoms with E-state index in [1.165, 1.54) is 11.8 Å². The Bertz CT molecular complexity index is 371. The minimum absolute atomic E-state index is 0.0156. The molecule has 94 valence electrons. The van der Waals surface area contributed by atoms with Crippen molar-refractivity contribution in [3.8, 4) is 0 Å². The van der Waals surface area contributed by atoms with Crippen molar-refractivity contribution < 1.29 is 14.0 Å². The molecule has 5 nitrogen and oxygen atoms in total. The molecule has 1 heterocycles. The topological polar surface area (TPSA) is 62.6 Å². The smallest absolute Gasteiger partial charge is 0.240 e. The summed E-state index contributed by atoms with van der Waals surface area (Å²) in [5.41, 5.74) is 0. The van der Waals surface area contributed by atoms with Crippen LogP contribution in [-0.2, 0) is 16.1 Å². The minimum Gasteiger partial charge on any atom is -0.467 e. The molecule has 0 fully saturated rings. The van der Waals surface area contributed by atoms with E-state index in [2.05, 4.69) is 5.32 Å². The van der Waals surface area contributed by atoms with Crippen molar-refractivity contribution >= 4 is 11.8 Å². The fourth-order valence-electron chi connectivity index (χ4n) is 1.47. The zero-order valence-electron chi connectivity index (χ0n) is 10.4. The molecule has 1 aromatic rings. The van der Waals surface area contributed by atoms with Gasteiger partial charge in [-0.1, -0.05) is 0 Å². The lowest BCUT2D eigenvalue weighted by Crippen LogP contribution is -2.43. The Morgan fingerprint density at radius 3 is 2.65 bits per heavy atom. The lowest BCUT2D eigenvalue weighted by Gasteiger charge is -2.24. The van der Waals surface area contributed by atoms with E-state index in [1.54, 1.807) is 18.4 Å². The van der Waals surface area contributed by atoms with Crippen LogP contribution in [0.15, 0.2) is 22.8 Å². The molecule has 0 aliphatic carbocycles. The summed E-state index contributed by atoms with van der Waals surface area (Å²) >= 11 is 0. The molecule has 0 aromatic carbocycles. The summed E-state index contributed by atoms with van der Waals surface area (Å²) in [7, 11) is 0. The molecular formula is C12H18N2O3. The zero-order chi connectivity index (χ0) is 12.8. The molecule has 0 radical (unpaired) electrons. The molecule has 0 aliphatic heterocycles. The summed E-state index contributed by atoms with van der Waals surface area (Å²) in [6.07, 6.45) is 1.55. The monoisotopic (exact) mass is 238 g/mol. The lowest BCUT2D eigenvalue weighted by molar-refractivity contribution is -0.136. The molecule has 0 saturated heterocycles. The summed E-state index contributed by atoms with van der Waals surface area (Å²) in [6, 6.07) is 3.56. The van der Waals surface area contributed by atoms with Gasteiger partial charge < -0.3 is 14.6 Å². The molecule has 0 aliphatic rings. The molecule has 0 unspecified atom stereocenters. The molecule has 2 amide bonds. The molecule has 0 spiro atoms. The third-order valence-corrected chi connectivity index (χ3v) is 2.38. The van der Waals surface area contributed by atoms with Gasteiger partial charge >= 0.3 is 0 Å². The predicted molar refractivity (Wildman–Crippen MR) is 63.1 cm³/mol. The van der Waals surface area contributed by atoms with Crippen LogP contribution in [0.3, 0.4) is 0 Å². The van der Waals surface area contributed by atoms with Crippen LogP contribution >= 0.6 is 0 Å². The van der Waals surface area contributed by atoms with Crippen LogP contribution in [0.5, 0.6) is 0 Å². The second kappa shape index (κ2) is 6.08. The van der Waals surface area contributed by atoms with E-state index < -0.39 is 0 Å². The SMILES string of the molecule is CC(=O)N(CC(=O)NCc1ccco1)C(C)C. The highest BCUT2D eigenvalue weighted by Crippen LogP contribution is 2.00. The molecular weight excluding hydrogens is 220 g/mol. The van der Waals surface area contributed by atoms with E-state index in [0.29, 0.717) is 12.3 Å².